The highest BCUT2D eigenvalue weighted by molar-refractivity contribution is 7.84. The fourth-order valence-corrected chi connectivity index (χ4v) is 4.26. The third-order valence-electron chi connectivity index (χ3n) is 4.19. The smallest absolute Gasteiger partial charge is 0.123 e. The van der Waals surface area contributed by atoms with E-state index in [0.29, 0.717) is 12.3 Å². The molecule has 1 atom stereocenters. The highest BCUT2D eigenvalue weighted by Gasteiger charge is 2.20. The molecule has 1 aliphatic rings. The Hall–Kier alpha value is -1.72. The van der Waals surface area contributed by atoms with Crippen molar-refractivity contribution < 1.29 is 13.3 Å². The zero-order valence-electron chi connectivity index (χ0n) is 13.5. The van der Waals surface area contributed by atoms with E-state index in [0.717, 1.165) is 42.9 Å². The van der Waals surface area contributed by atoms with E-state index >= 15 is 0 Å². The first-order valence-electron chi connectivity index (χ1n) is 8.23. The maximum atomic E-state index is 12.9. The van der Waals surface area contributed by atoms with Crippen molar-refractivity contribution in [3.05, 3.63) is 65.5 Å². The number of hydrogen-bond acceptors (Lipinski definition) is 3. The Kier molecular flexibility index (Phi) is 5.99. The standard InChI is InChI=1S/C19H22FNO2S/c20-17-6-4-15(5-7-17)13-21-18-3-1-2-16(12-18)14-24(22)19-8-10-23-11-9-19/h1-7,12,19,21H,8-11,13-14H2/t24-/m0/s1. The van der Waals surface area contributed by atoms with Crippen molar-refractivity contribution in [2.24, 2.45) is 0 Å². The molecule has 1 N–H and O–H groups in total. The quantitative estimate of drug-likeness (QED) is 0.862. The molecule has 3 rings (SSSR count). The summed E-state index contributed by atoms with van der Waals surface area (Å²) < 4.78 is 30.7. The summed E-state index contributed by atoms with van der Waals surface area (Å²) in [5, 5.41) is 3.58. The van der Waals surface area contributed by atoms with Gasteiger partial charge in [0.15, 0.2) is 0 Å². The summed E-state index contributed by atoms with van der Waals surface area (Å²) in [5.74, 6) is 0.354. The molecule has 0 aliphatic carbocycles. The van der Waals surface area contributed by atoms with Crippen molar-refractivity contribution >= 4 is 16.5 Å². The van der Waals surface area contributed by atoms with Crippen LogP contribution in [0.25, 0.3) is 0 Å². The largest absolute Gasteiger partial charge is 0.381 e. The van der Waals surface area contributed by atoms with Crippen molar-refractivity contribution in [2.75, 3.05) is 18.5 Å². The summed E-state index contributed by atoms with van der Waals surface area (Å²) >= 11 is 0. The first kappa shape index (κ1) is 17.1. The molecule has 1 aliphatic heterocycles. The average Bonchev–Trinajstić information content (AvgIpc) is 2.62. The monoisotopic (exact) mass is 347 g/mol. The van der Waals surface area contributed by atoms with Crippen LogP contribution in [-0.4, -0.2) is 22.7 Å². The Labute approximate surface area is 144 Å². The van der Waals surface area contributed by atoms with Gasteiger partial charge in [-0.15, -0.1) is 0 Å². The van der Waals surface area contributed by atoms with Crippen molar-refractivity contribution in [3.63, 3.8) is 0 Å². The predicted molar refractivity (Wildman–Crippen MR) is 95.9 cm³/mol. The van der Waals surface area contributed by atoms with Gasteiger partial charge in [0.05, 0.1) is 0 Å². The Bertz CT molecular complexity index is 684. The lowest BCUT2D eigenvalue weighted by atomic mass is 10.2. The number of benzene rings is 2. The van der Waals surface area contributed by atoms with Crippen LogP contribution < -0.4 is 5.32 Å². The van der Waals surface area contributed by atoms with Gasteiger partial charge in [0.1, 0.15) is 5.82 Å². The van der Waals surface area contributed by atoms with Crippen LogP contribution in [0.5, 0.6) is 0 Å². The van der Waals surface area contributed by atoms with E-state index in [1.807, 2.05) is 24.3 Å². The van der Waals surface area contributed by atoms with Crippen LogP contribution in [-0.2, 0) is 27.8 Å². The summed E-state index contributed by atoms with van der Waals surface area (Å²) in [6, 6.07) is 14.5. The Morgan fingerprint density at radius 2 is 1.83 bits per heavy atom. The van der Waals surface area contributed by atoms with Gasteiger partial charge in [-0.25, -0.2) is 4.39 Å². The van der Waals surface area contributed by atoms with E-state index in [1.165, 1.54) is 12.1 Å². The fraction of sp³-hybridized carbons (Fsp3) is 0.368. The summed E-state index contributed by atoms with van der Waals surface area (Å²) in [6.07, 6.45) is 1.77. The van der Waals surface area contributed by atoms with E-state index in [2.05, 4.69) is 5.32 Å². The molecular weight excluding hydrogens is 325 g/mol. The number of rotatable bonds is 6. The van der Waals surface area contributed by atoms with E-state index in [9.17, 15) is 8.60 Å². The second-order valence-electron chi connectivity index (χ2n) is 6.02. The molecule has 24 heavy (non-hydrogen) atoms. The van der Waals surface area contributed by atoms with Gasteiger partial charge >= 0.3 is 0 Å². The number of halogens is 1. The molecule has 2 aromatic carbocycles. The minimum absolute atomic E-state index is 0.226. The third-order valence-corrected chi connectivity index (χ3v) is 6.02. The summed E-state index contributed by atoms with van der Waals surface area (Å²) in [4.78, 5) is 0. The summed E-state index contributed by atoms with van der Waals surface area (Å²) in [6.45, 7) is 2.07. The molecule has 1 heterocycles. The fourth-order valence-electron chi connectivity index (χ4n) is 2.80. The van der Waals surface area contributed by atoms with Gasteiger partial charge in [-0.3, -0.25) is 4.21 Å². The number of ether oxygens (including phenoxy) is 1. The summed E-state index contributed by atoms with van der Waals surface area (Å²) in [7, 11) is -0.858. The predicted octanol–water partition coefficient (Wildman–Crippen LogP) is 3.87. The second kappa shape index (κ2) is 8.40. The molecule has 2 aromatic rings. The molecule has 128 valence electrons. The van der Waals surface area contributed by atoms with Crippen molar-refractivity contribution in [2.45, 2.75) is 30.4 Å². The lowest BCUT2D eigenvalue weighted by Crippen LogP contribution is -2.25. The Balaban J connectivity index is 1.57. The minimum Gasteiger partial charge on any atom is -0.381 e. The van der Waals surface area contributed by atoms with E-state index in [1.54, 1.807) is 12.1 Å². The van der Waals surface area contributed by atoms with Gasteiger partial charge in [-0.05, 0) is 48.2 Å². The van der Waals surface area contributed by atoms with Crippen molar-refractivity contribution in [3.8, 4) is 0 Å². The Morgan fingerprint density at radius 1 is 1.08 bits per heavy atom. The van der Waals surface area contributed by atoms with Gasteiger partial charge in [-0.1, -0.05) is 24.3 Å². The average molecular weight is 347 g/mol. The van der Waals surface area contributed by atoms with E-state index in [4.69, 9.17) is 4.74 Å². The van der Waals surface area contributed by atoms with Crippen LogP contribution in [0, 0.1) is 5.82 Å². The van der Waals surface area contributed by atoms with Crippen LogP contribution in [0.3, 0.4) is 0 Å². The van der Waals surface area contributed by atoms with Gasteiger partial charge in [-0.2, -0.15) is 0 Å². The molecule has 0 radical (unpaired) electrons. The van der Waals surface area contributed by atoms with Crippen LogP contribution in [0.4, 0.5) is 10.1 Å². The van der Waals surface area contributed by atoms with E-state index < -0.39 is 10.8 Å². The SMILES string of the molecule is O=[S@@](Cc1cccc(NCc2ccc(F)cc2)c1)C1CCOCC1. The van der Waals surface area contributed by atoms with Crippen molar-refractivity contribution in [1.82, 2.24) is 0 Å². The third kappa shape index (κ3) is 4.89. The van der Waals surface area contributed by atoms with Crippen molar-refractivity contribution in [1.29, 1.82) is 0 Å². The highest BCUT2D eigenvalue weighted by atomic mass is 32.2. The van der Waals surface area contributed by atoms with Gasteiger partial charge in [0.25, 0.3) is 0 Å². The highest BCUT2D eigenvalue weighted by Crippen LogP contribution is 2.19. The summed E-state index contributed by atoms with van der Waals surface area (Å²) in [5.41, 5.74) is 3.08. The molecule has 1 fully saturated rings. The molecule has 0 unspecified atom stereocenters. The molecular formula is C19H22FNO2S. The topological polar surface area (TPSA) is 38.3 Å². The number of nitrogens with one attached hydrogen (secondary N) is 1. The van der Waals surface area contributed by atoms with Crippen LogP contribution in [0.1, 0.15) is 24.0 Å². The Morgan fingerprint density at radius 3 is 2.58 bits per heavy atom. The number of hydrogen-bond donors (Lipinski definition) is 1. The molecule has 0 aromatic heterocycles. The number of anilines is 1. The van der Waals surface area contributed by atoms with Crippen LogP contribution in [0.15, 0.2) is 48.5 Å². The minimum atomic E-state index is -0.858. The van der Waals surface area contributed by atoms with Gasteiger partial charge in [0.2, 0.25) is 0 Å². The molecule has 1 saturated heterocycles. The van der Waals surface area contributed by atoms with Gasteiger partial charge in [0, 0.05) is 47.2 Å². The molecule has 5 heteroatoms. The molecule has 0 spiro atoms. The normalized spacial score (nSPS) is 16.7. The molecule has 0 amide bonds. The molecule has 0 bridgehead atoms. The first-order chi connectivity index (χ1) is 11.7. The molecule has 0 saturated carbocycles. The lowest BCUT2D eigenvalue weighted by Gasteiger charge is -2.21. The van der Waals surface area contributed by atoms with Crippen LogP contribution in [0.2, 0.25) is 0 Å². The maximum Gasteiger partial charge on any atom is 0.123 e. The second-order valence-corrected chi connectivity index (χ2v) is 7.73. The van der Waals surface area contributed by atoms with Gasteiger partial charge < -0.3 is 10.1 Å². The van der Waals surface area contributed by atoms with E-state index in [-0.39, 0.29) is 11.1 Å². The molecule has 3 nitrogen and oxygen atoms in total. The zero-order valence-corrected chi connectivity index (χ0v) is 14.4. The first-order valence-corrected chi connectivity index (χ1v) is 9.61. The zero-order chi connectivity index (χ0) is 16.8. The van der Waals surface area contributed by atoms with Crippen LogP contribution >= 0.6 is 0 Å². The maximum absolute atomic E-state index is 12.9. The lowest BCUT2D eigenvalue weighted by molar-refractivity contribution is 0.0992.